The topological polar surface area (TPSA) is 9.23 Å². The first-order valence-corrected chi connectivity index (χ1v) is 5.21. The highest BCUT2D eigenvalue weighted by Crippen LogP contribution is 2.13. The number of hydrogen-bond donors (Lipinski definition) is 0. The van der Waals surface area contributed by atoms with Gasteiger partial charge in [-0.15, -0.1) is 0 Å². The van der Waals surface area contributed by atoms with Crippen LogP contribution < -0.4 is 0 Å². The molecule has 0 heterocycles. The predicted molar refractivity (Wildman–Crippen MR) is 54.4 cm³/mol. The van der Waals surface area contributed by atoms with Crippen LogP contribution in [0.3, 0.4) is 0 Å². The SMILES string of the molecule is CCC(C)CCC(C)OC(C)C. The largest absolute Gasteiger partial charge is 0.376 e. The maximum Gasteiger partial charge on any atom is 0.0550 e. The molecule has 0 aliphatic carbocycles. The third-order valence-electron chi connectivity index (χ3n) is 2.27. The summed E-state index contributed by atoms with van der Waals surface area (Å²) < 4.78 is 5.65. The van der Waals surface area contributed by atoms with Crippen LogP contribution in [0.4, 0.5) is 0 Å². The van der Waals surface area contributed by atoms with Crippen molar-refractivity contribution in [3.05, 3.63) is 0 Å². The lowest BCUT2D eigenvalue weighted by Gasteiger charge is -2.17. The summed E-state index contributed by atoms with van der Waals surface area (Å²) in [4.78, 5) is 0. The minimum Gasteiger partial charge on any atom is -0.376 e. The highest BCUT2D eigenvalue weighted by Gasteiger charge is 2.06. The third-order valence-corrected chi connectivity index (χ3v) is 2.27. The average Bonchev–Trinajstić information content (AvgIpc) is 1.99. The Bertz CT molecular complexity index is 99.2. The zero-order chi connectivity index (χ0) is 9.56. The van der Waals surface area contributed by atoms with Crippen molar-refractivity contribution in [1.29, 1.82) is 0 Å². The van der Waals surface area contributed by atoms with Gasteiger partial charge in [0.05, 0.1) is 12.2 Å². The molecule has 12 heavy (non-hydrogen) atoms. The summed E-state index contributed by atoms with van der Waals surface area (Å²) in [6.07, 6.45) is 4.59. The minimum absolute atomic E-state index is 0.372. The summed E-state index contributed by atoms with van der Waals surface area (Å²) in [6, 6.07) is 0. The van der Waals surface area contributed by atoms with Crippen LogP contribution in [0.25, 0.3) is 0 Å². The first kappa shape index (κ1) is 12.0. The summed E-state index contributed by atoms with van der Waals surface area (Å²) in [5, 5.41) is 0. The maximum absolute atomic E-state index is 5.65. The molecule has 0 spiro atoms. The van der Waals surface area contributed by atoms with Crippen molar-refractivity contribution < 1.29 is 4.74 Å². The van der Waals surface area contributed by atoms with E-state index in [2.05, 4.69) is 34.6 Å². The molecule has 0 rings (SSSR count). The molecule has 1 nitrogen and oxygen atoms in total. The first-order valence-electron chi connectivity index (χ1n) is 5.21. The molecule has 0 fully saturated rings. The van der Waals surface area contributed by atoms with Gasteiger partial charge in [-0.2, -0.15) is 0 Å². The van der Waals surface area contributed by atoms with Crippen molar-refractivity contribution in [3.63, 3.8) is 0 Å². The van der Waals surface area contributed by atoms with Crippen LogP contribution >= 0.6 is 0 Å². The van der Waals surface area contributed by atoms with Crippen LogP contribution in [-0.4, -0.2) is 12.2 Å². The van der Waals surface area contributed by atoms with E-state index in [1.807, 2.05) is 0 Å². The van der Waals surface area contributed by atoms with Crippen LogP contribution in [0.15, 0.2) is 0 Å². The van der Waals surface area contributed by atoms with Crippen molar-refractivity contribution in [2.24, 2.45) is 5.92 Å². The normalized spacial score (nSPS) is 16.5. The Hall–Kier alpha value is -0.0400. The number of ether oxygens (including phenoxy) is 1. The Morgan fingerprint density at radius 2 is 1.58 bits per heavy atom. The molecule has 0 bridgehead atoms. The molecule has 0 amide bonds. The molecule has 0 aromatic rings. The second-order valence-electron chi connectivity index (χ2n) is 4.09. The minimum atomic E-state index is 0.372. The zero-order valence-corrected chi connectivity index (χ0v) is 9.26. The predicted octanol–water partition coefficient (Wildman–Crippen LogP) is 3.63. The quantitative estimate of drug-likeness (QED) is 0.594. The van der Waals surface area contributed by atoms with Gasteiger partial charge in [-0.1, -0.05) is 20.3 Å². The number of hydrogen-bond acceptors (Lipinski definition) is 1. The summed E-state index contributed by atoms with van der Waals surface area (Å²) in [6.45, 7) is 10.9. The fraction of sp³-hybridized carbons (Fsp3) is 1.00. The van der Waals surface area contributed by atoms with Gasteiger partial charge in [-0.3, -0.25) is 0 Å². The van der Waals surface area contributed by atoms with Gasteiger partial charge in [0, 0.05) is 0 Å². The van der Waals surface area contributed by atoms with Gasteiger partial charge in [-0.25, -0.2) is 0 Å². The van der Waals surface area contributed by atoms with Crippen LogP contribution in [-0.2, 0) is 4.74 Å². The Morgan fingerprint density at radius 1 is 1.00 bits per heavy atom. The second kappa shape index (κ2) is 6.47. The van der Waals surface area contributed by atoms with E-state index in [-0.39, 0.29) is 0 Å². The van der Waals surface area contributed by atoms with E-state index < -0.39 is 0 Å². The molecule has 2 unspecified atom stereocenters. The average molecular weight is 172 g/mol. The first-order chi connectivity index (χ1) is 5.56. The summed E-state index contributed by atoms with van der Waals surface area (Å²) in [5.41, 5.74) is 0. The van der Waals surface area contributed by atoms with E-state index in [1.54, 1.807) is 0 Å². The van der Waals surface area contributed by atoms with Crippen molar-refractivity contribution in [2.45, 2.75) is 66.1 Å². The fourth-order valence-corrected chi connectivity index (χ4v) is 1.26. The van der Waals surface area contributed by atoms with Gasteiger partial charge in [0.15, 0.2) is 0 Å². The van der Waals surface area contributed by atoms with Gasteiger partial charge in [0.2, 0.25) is 0 Å². The molecule has 0 N–H and O–H groups in total. The smallest absolute Gasteiger partial charge is 0.0550 e. The van der Waals surface area contributed by atoms with Crippen LogP contribution in [0.5, 0.6) is 0 Å². The fourth-order valence-electron chi connectivity index (χ4n) is 1.26. The van der Waals surface area contributed by atoms with E-state index in [9.17, 15) is 0 Å². The molecule has 0 saturated heterocycles. The van der Waals surface area contributed by atoms with Crippen LogP contribution in [0.2, 0.25) is 0 Å². The summed E-state index contributed by atoms with van der Waals surface area (Å²) in [5.74, 6) is 0.850. The Kier molecular flexibility index (Phi) is 6.45. The second-order valence-corrected chi connectivity index (χ2v) is 4.09. The van der Waals surface area contributed by atoms with E-state index in [0.717, 1.165) is 5.92 Å². The van der Waals surface area contributed by atoms with Crippen molar-refractivity contribution in [1.82, 2.24) is 0 Å². The van der Waals surface area contributed by atoms with Gasteiger partial charge in [-0.05, 0) is 39.5 Å². The lowest BCUT2D eigenvalue weighted by molar-refractivity contribution is 0.0114. The Balaban J connectivity index is 3.36. The molecule has 0 aliphatic rings. The third kappa shape index (κ3) is 6.66. The zero-order valence-electron chi connectivity index (χ0n) is 9.26. The molecular formula is C11H24O. The molecular weight excluding hydrogens is 148 g/mol. The monoisotopic (exact) mass is 172 g/mol. The summed E-state index contributed by atoms with van der Waals surface area (Å²) >= 11 is 0. The van der Waals surface area contributed by atoms with Gasteiger partial charge in [0.25, 0.3) is 0 Å². The van der Waals surface area contributed by atoms with Crippen LogP contribution in [0, 0.1) is 5.92 Å². The molecule has 0 aliphatic heterocycles. The van der Waals surface area contributed by atoms with E-state index >= 15 is 0 Å². The molecule has 0 aromatic carbocycles. The molecule has 1 heteroatoms. The van der Waals surface area contributed by atoms with Gasteiger partial charge < -0.3 is 4.74 Å². The Labute approximate surface area is 77.5 Å². The lowest BCUT2D eigenvalue weighted by atomic mass is 10.0. The van der Waals surface area contributed by atoms with Crippen molar-refractivity contribution >= 4 is 0 Å². The lowest BCUT2D eigenvalue weighted by Crippen LogP contribution is -2.14. The summed E-state index contributed by atoms with van der Waals surface area (Å²) in [7, 11) is 0. The van der Waals surface area contributed by atoms with Gasteiger partial charge >= 0.3 is 0 Å². The van der Waals surface area contributed by atoms with E-state index in [4.69, 9.17) is 4.74 Å². The van der Waals surface area contributed by atoms with Gasteiger partial charge in [0.1, 0.15) is 0 Å². The number of rotatable bonds is 6. The highest BCUT2D eigenvalue weighted by atomic mass is 16.5. The molecule has 0 saturated carbocycles. The standard InChI is InChI=1S/C11H24O/c1-6-10(4)7-8-11(5)12-9(2)3/h9-11H,6-8H2,1-5H3. The molecule has 0 radical (unpaired) electrons. The maximum atomic E-state index is 5.65. The van der Waals surface area contributed by atoms with Crippen molar-refractivity contribution in [2.75, 3.05) is 0 Å². The van der Waals surface area contributed by atoms with E-state index in [0.29, 0.717) is 12.2 Å². The molecule has 74 valence electrons. The highest BCUT2D eigenvalue weighted by molar-refractivity contribution is 4.56. The molecule has 0 aromatic heterocycles. The van der Waals surface area contributed by atoms with Crippen molar-refractivity contribution in [3.8, 4) is 0 Å². The van der Waals surface area contributed by atoms with Crippen LogP contribution in [0.1, 0.15) is 53.9 Å². The Morgan fingerprint density at radius 3 is 2.00 bits per heavy atom. The molecule has 2 atom stereocenters. The van der Waals surface area contributed by atoms with E-state index in [1.165, 1.54) is 19.3 Å².